The van der Waals surface area contributed by atoms with Crippen molar-refractivity contribution in [1.29, 1.82) is 0 Å². The zero-order valence-electron chi connectivity index (χ0n) is 31.8. The number of hydrogen-bond donors (Lipinski definition) is 4. The number of anilines is 2. The monoisotopic (exact) mass is 736 g/mol. The van der Waals surface area contributed by atoms with Crippen molar-refractivity contribution in [3.63, 3.8) is 0 Å². The van der Waals surface area contributed by atoms with Gasteiger partial charge in [0, 0.05) is 98.3 Å². The second-order valence-electron chi connectivity index (χ2n) is 13.9. The summed E-state index contributed by atoms with van der Waals surface area (Å²) >= 11 is 0. The summed E-state index contributed by atoms with van der Waals surface area (Å²) in [5.41, 5.74) is 8.33. The SMILES string of the molecule is CCc1nc2c(cnn2CC)c(NC2CCOCC2)c1CNC(=O)c1ccc(C(=O)NCc2c(CC)nc3c(cnn3CC)c2NC2CCOCC2)cc1. The van der Waals surface area contributed by atoms with E-state index in [0.29, 0.717) is 76.6 Å². The normalized spacial score (nSPS) is 15.5. The summed E-state index contributed by atoms with van der Waals surface area (Å²) < 4.78 is 15.0. The van der Waals surface area contributed by atoms with Crippen molar-refractivity contribution in [2.45, 2.75) is 104 Å². The van der Waals surface area contributed by atoms with E-state index >= 15 is 0 Å². The minimum absolute atomic E-state index is 0.228. The van der Waals surface area contributed by atoms with Gasteiger partial charge in [0.05, 0.1) is 34.5 Å². The van der Waals surface area contributed by atoms with Crippen molar-refractivity contribution >= 4 is 45.3 Å². The highest BCUT2D eigenvalue weighted by molar-refractivity contribution is 5.98. The van der Waals surface area contributed by atoms with Crippen LogP contribution in [-0.2, 0) is 48.5 Å². The van der Waals surface area contributed by atoms with E-state index in [1.54, 1.807) is 24.3 Å². The molecular weight excluding hydrogens is 685 g/mol. The molecule has 0 radical (unpaired) electrons. The van der Waals surface area contributed by atoms with E-state index in [1.807, 2.05) is 21.8 Å². The van der Waals surface area contributed by atoms with Gasteiger partial charge in [-0.3, -0.25) is 9.59 Å². The van der Waals surface area contributed by atoms with Crippen LogP contribution in [0.15, 0.2) is 36.7 Å². The summed E-state index contributed by atoms with van der Waals surface area (Å²) in [7, 11) is 0. The number of pyridine rings is 2. The molecule has 2 amide bonds. The lowest BCUT2D eigenvalue weighted by Gasteiger charge is -2.26. The molecule has 5 aromatic rings. The van der Waals surface area contributed by atoms with Gasteiger partial charge in [-0.1, -0.05) is 13.8 Å². The predicted octanol–water partition coefficient (Wildman–Crippen LogP) is 5.38. The molecule has 2 aliphatic rings. The third-order valence-electron chi connectivity index (χ3n) is 10.6. The first-order valence-corrected chi connectivity index (χ1v) is 19.5. The average molecular weight is 737 g/mol. The van der Waals surface area contributed by atoms with Crippen LogP contribution >= 0.6 is 0 Å². The first kappa shape index (κ1) is 37.2. The highest BCUT2D eigenvalue weighted by atomic mass is 16.5. The Labute approximate surface area is 315 Å². The van der Waals surface area contributed by atoms with E-state index in [0.717, 1.165) is 81.6 Å². The van der Waals surface area contributed by atoms with Crippen LogP contribution in [0, 0.1) is 0 Å². The van der Waals surface area contributed by atoms with Crippen LogP contribution in [0.5, 0.6) is 0 Å². The summed E-state index contributed by atoms with van der Waals surface area (Å²) in [4.78, 5) is 37.0. The lowest BCUT2D eigenvalue weighted by molar-refractivity contribution is 0.0903. The Morgan fingerprint density at radius 3 is 1.39 bits per heavy atom. The Bertz CT molecular complexity index is 1950. The van der Waals surface area contributed by atoms with E-state index in [9.17, 15) is 9.59 Å². The van der Waals surface area contributed by atoms with Gasteiger partial charge in [0.25, 0.3) is 11.8 Å². The maximum absolute atomic E-state index is 13.5. The number of carbonyl (C=O) groups excluding carboxylic acids is 2. The highest BCUT2D eigenvalue weighted by Gasteiger charge is 2.24. The molecule has 14 nitrogen and oxygen atoms in total. The van der Waals surface area contributed by atoms with Crippen LogP contribution in [-0.4, -0.2) is 79.9 Å². The first-order valence-electron chi connectivity index (χ1n) is 19.5. The Hall–Kier alpha value is -5.08. The third kappa shape index (κ3) is 7.76. The molecular formula is C40H52N10O4. The number of aryl methyl sites for hydroxylation is 4. The number of amides is 2. The first-order chi connectivity index (χ1) is 26.4. The molecule has 4 N–H and O–H groups in total. The molecule has 14 heteroatoms. The molecule has 2 aliphatic heterocycles. The van der Waals surface area contributed by atoms with Gasteiger partial charge in [0.15, 0.2) is 11.3 Å². The average Bonchev–Trinajstić information content (AvgIpc) is 3.84. The minimum Gasteiger partial charge on any atom is -0.381 e. The third-order valence-corrected chi connectivity index (χ3v) is 10.6. The van der Waals surface area contributed by atoms with Crippen LogP contribution in [0.3, 0.4) is 0 Å². The largest absolute Gasteiger partial charge is 0.381 e. The molecule has 54 heavy (non-hydrogen) atoms. The molecule has 4 aromatic heterocycles. The van der Waals surface area contributed by atoms with Crippen LogP contribution in [0.4, 0.5) is 11.4 Å². The number of carbonyl (C=O) groups is 2. The quantitative estimate of drug-likeness (QED) is 0.116. The number of hydrogen-bond acceptors (Lipinski definition) is 10. The number of benzene rings is 1. The Balaban J connectivity index is 1.06. The van der Waals surface area contributed by atoms with Crippen LogP contribution in [0.25, 0.3) is 22.1 Å². The van der Waals surface area contributed by atoms with Gasteiger partial charge in [-0.05, 0) is 76.6 Å². The highest BCUT2D eigenvalue weighted by Crippen LogP contribution is 2.33. The zero-order chi connectivity index (χ0) is 37.6. The fraction of sp³-hybridized carbons (Fsp3) is 0.500. The Kier molecular flexibility index (Phi) is 11.7. The molecule has 0 unspecified atom stereocenters. The number of rotatable bonds is 14. The molecule has 2 fully saturated rings. The summed E-state index contributed by atoms with van der Waals surface area (Å²) in [5.74, 6) is -0.456. The number of nitrogens with zero attached hydrogens (tertiary/aromatic N) is 6. The summed E-state index contributed by atoms with van der Waals surface area (Å²) in [6, 6.07) is 7.30. The van der Waals surface area contributed by atoms with E-state index in [2.05, 4.69) is 59.2 Å². The second-order valence-corrected chi connectivity index (χ2v) is 13.9. The van der Waals surface area contributed by atoms with E-state index in [4.69, 9.17) is 19.4 Å². The molecule has 0 bridgehead atoms. The van der Waals surface area contributed by atoms with Crippen molar-refractivity contribution < 1.29 is 19.1 Å². The van der Waals surface area contributed by atoms with Crippen molar-refractivity contribution in [3.05, 3.63) is 70.3 Å². The molecule has 6 heterocycles. The van der Waals surface area contributed by atoms with Gasteiger partial charge in [-0.25, -0.2) is 19.3 Å². The fourth-order valence-electron chi connectivity index (χ4n) is 7.52. The standard InChI is InChI=1S/C40H52N10O4/c1-5-33-29(35(45-27-13-17-53-18-14-27)31-23-43-49(7-3)37(31)47-33)21-41-39(51)25-9-11-26(12-10-25)40(52)42-22-30-34(6-2)48-38-32(24-44-50(38)8-4)36(30)46-28-15-19-54-20-16-28/h9-12,23-24,27-28H,5-8,13-22H2,1-4H3,(H,41,51)(H,42,52)(H,45,47)(H,46,48). The lowest BCUT2D eigenvalue weighted by Crippen LogP contribution is -2.30. The molecule has 7 rings (SSSR count). The fourth-order valence-corrected chi connectivity index (χ4v) is 7.52. The molecule has 1 aromatic carbocycles. The van der Waals surface area contributed by atoms with E-state index in [1.165, 1.54) is 0 Å². The predicted molar refractivity (Wildman–Crippen MR) is 209 cm³/mol. The van der Waals surface area contributed by atoms with Gasteiger partial charge in [-0.15, -0.1) is 0 Å². The van der Waals surface area contributed by atoms with E-state index in [-0.39, 0.29) is 23.9 Å². The summed E-state index contributed by atoms with van der Waals surface area (Å²) in [6.07, 6.45) is 8.77. The van der Waals surface area contributed by atoms with Crippen LogP contribution in [0.2, 0.25) is 0 Å². The maximum Gasteiger partial charge on any atom is 0.251 e. The van der Waals surface area contributed by atoms with Crippen molar-refractivity contribution in [2.24, 2.45) is 0 Å². The van der Waals surface area contributed by atoms with Crippen molar-refractivity contribution in [3.8, 4) is 0 Å². The van der Waals surface area contributed by atoms with Crippen molar-refractivity contribution in [2.75, 3.05) is 37.1 Å². The summed E-state index contributed by atoms with van der Waals surface area (Å²) in [5, 5.41) is 24.9. The van der Waals surface area contributed by atoms with Gasteiger partial charge < -0.3 is 30.7 Å². The van der Waals surface area contributed by atoms with Crippen LogP contribution < -0.4 is 21.3 Å². The molecule has 286 valence electrons. The summed E-state index contributed by atoms with van der Waals surface area (Å²) in [6.45, 7) is 13.2. The maximum atomic E-state index is 13.5. The molecule has 0 spiro atoms. The molecule has 0 saturated carbocycles. The van der Waals surface area contributed by atoms with Crippen molar-refractivity contribution in [1.82, 2.24) is 40.2 Å². The molecule has 0 atom stereocenters. The van der Waals surface area contributed by atoms with Gasteiger partial charge in [-0.2, -0.15) is 10.2 Å². The number of aromatic nitrogens is 6. The van der Waals surface area contributed by atoms with Gasteiger partial charge in [0.1, 0.15) is 0 Å². The number of fused-ring (bicyclic) bond motifs is 2. The van der Waals surface area contributed by atoms with Crippen LogP contribution in [0.1, 0.15) is 96.6 Å². The smallest absolute Gasteiger partial charge is 0.251 e. The van der Waals surface area contributed by atoms with E-state index < -0.39 is 0 Å². The molecule has 2 saturated heterocycles. The minimum atomic E-state index is -0.228. The Morgan fingerprint density at radius 1 is 0.648 bits per heavy atom. The second kappa shape index (κ2) is 16.9. The van der Waals surface area contributed by atoms with Gasteiger partial charge >= 0.3 is 0 Å². The lowest BCUT2D eigenvalue weighted by atomic mass is 10.0. The number of nitrogens with one attached hydrogen (secondary N) is 4. The Morgan fingerprint density at radius 2 is 1.04 bits per heavy atom. The van der Waals surface area contributed by atoms with Gasteiger partial charge in [0.2, 0.25) is 0 Å². The number of ether oxygens (including phenoxy) is 2. The topological polar surface area (TPSA) is 162 Å². The molecule has 0 aliphatic carbocycles. The zero-order valence-corrected chi connectivity index (χ0v) is 31.8.